The molecule has 2 rings (SSSR count). The van der Waals surface area contributed by atoms with Gasteiger partial charge in [0.1, 0.15) is 18.2 Å². The van der Waals surface area contributed by atoms with Crippen LogP contribution >= 0.6 is 7.60 Å². The number of aromatic nitrogens is 4. The van der Waals surface area contributed by atoms with Crippen LogP contribution in [0.2, 0.25) is 0 Å². The van der Waals surface area contributed by atoms with Gasteiger partial charge in [0.2, 0.25) is 0 Å². The number of nitrogen functional groups attached to an aromatic ring is 1. The fourth-order valence-electron chi connectivity index (χ4n) is 1.96. The molecule has 0 saturated carbocycles. The minimum atomic E-state index is -3.77. The first-order valence-corrected chi connectivity index (χ1v) is 9.10. The van der Waals surface area contributed by atoms with E-state index in [2.05, 4.69) is 19.5 Å². The standard InChI is InChI=1S/C13H22N5O5P/c1-9(2)22-5-10(23-8-24(19,20)21-3)4-18-7-17-11-12(14)15-6-16-13(11)18/h6-7,9-10H,4-5,8H2,1-3H3,(H,19,20)(H2,14,15,16). The van der Waals surface area contributed by atoms with E-state index in [0.717, 1.165) is 7.11 Å². The molecule has 2 aromatic rings. The number of fused-ring (bicyclic) bond motifs is 1. The molecule has 0 aliphatic heterocycles. The molecule has 2 unspecified atom stereocenters. The molecule has 24 heavy (non-hydrogen) atoms. The van der Waals surface area contributed by atoms with Crippen molar-refractivity contribution in [2.24, 2.45) is 0 Å². The number of imidazole rings is 1. The van der Waals surface area contributed by atoms with Crippen molar-refractivity contribution in [2.75, 3.05) is 25.8 Å². The second-order valence-electron chi connectivity index (χ2n) is 5.45. The van der Waals surface area contributed by atoms with Gasteiger partial charge in [-0.1, -0.05) is 0 Å². The highest BCUT2D eigenvalue weighted by molar-refractivity contribution is 7.52. The first-order valence-electron chi connectivity index (χ1n) is 7.34. The van der Waals surface area contributed by atoms with Gasteiger partial charge < -0.3 is 29.2 Å². The third-order valence-corrected chi connectivity index (χ3v) is 4.25. The molecule has 0 aliphatic rings. The van der Waals surface area contributed by atoms with Crippen molar-refractivity contribution in [2.45, 2.75) is 32.6 Å². The summed E-state index contributed by atoms with van der Waals surface area (Å²) in [6, 6.07) is 0. The molecule has 0 radical (unpaired) electrons. The Morgan fingerprint density at radius 3 is 2.75 bits per heavy atom. The maximum absolute atomic E-state index is 11.6. The van der Waals surface area contributed by atoms with Crippen LogP contribution in [0.3, 0.4) is 0 Å². The molecule has 2 atom stereocenters. The van der Waals surface area contributed by atoms with Gasteiger partial charge in [0.25, 0.3) is 0 Å². The quantitative estimate of drug-likeness (QED) is 0.629. The van der Waals surface area contributed by atoms with Crippen LogP contribution in [0.4, 0.5) is 5.82 Å². The number of ether oxygens (including phenoxy) is 2. The van der Waals surface area contributed by atoms with Gasteiger partial charge in [-0.05, 0) is 13.8 Å². The van der Waals surface area contributed by atoms with E-state index in [4.69, 9.17) is 15.2 Å². The summed E-state index contributed by atoms with van der Waals surface area (Å²) >= 11 is 0. The van der Waals surface area contributed by atoms with Crippen molar-refractivity contribution < 1.29 is 23.5 Å². The Labute approximate surface area is 139 Å². The summed E-state index contributed by atoms with van der Waals surface area (Å²) in [5.74, 6) is 0.286. The monoisotopic (exact) mass is 359 g/mol. The smallest absolute Gasteiger partial charge is 0.353 e. The van der Waals surface area contributed by atoms with E-state index >= 15 is 0 Å². The Balaban J connectivity index is 2.13. The molecule has 0 amide bonds. The zero-order valence-electron chi connectivity index (χ0n) is 13.8. The van der Waals surface area contributed by atoms with Gasteiger partial charge >= 0.3 is 7.60 Å². The summed E-state index contributed by atoms with van der Waals surface area (Å²) in [7, 11) is -2.61. The van der Waals surface area contributed by atoms with Gasteiger partial charge in [0.15, 0.2) is 11.5 Å². The summed E-state index contributed by atoms with van der Waals surface area (Å²) in [6.45, 7) is 4.35. The van der Waals surface area contributed by atoms with E-state index in [1.807, 2.05) is 13.8 Å². The predicted octanol–water partition coefficient (Wildman–Crippen LogP) is 1.01. The highest BCUT2D eigenvalue weighted by Gasteiger charge is 2.22. The number of hydrogen-bond acceptors (Lipinski definition) is 8. The minimum Gasteiger partial charge on any atom is -0.382 e. The molecule has 0 bridgehead atoms. The molecule has 0 spiro atoms. The fourth-order valence-corrected chi connectivity index (χ4v) is 2.46. The van der Waals surface area contributed by atoms with Crippen molar-refractivity contribution in [1.82, 2.24) is 19.5 Å². The van der Waals surface area contributed by atoms with Crippen molar-refractivity contribution in [3.05, 3.63) is 12.7 Å². The van der Waals surface area contributed by atoms with Gasteiger partial charge in [-0.3, -0.25) is 4.57 Å². The van der Waals surface area contributed by atoms with Gasteiger partial charge in [-0.2, -0.15) is 0 Å². The summed E-state index contributed by atoms with van der Waals surface area (Å²) in [4.78, 5) is 21.7. The van der Waals surface area contributed by atoms with Gasteiger partial charge in [0.05, 0.1) is 31.7 Å². The second-order valence-corrected chi connectivity index (χ2v) is 7.35. The van der Waals surface area contributed by atoms with Crippen LogP contribution in [-0.4, -0.2) is 56.7 Å². The lowest BCUT2D eigenvalue weighted by molar-refractivity contribution is -0.0315. The number of hydrogen-bond donors (Lipinski definition) is 2. The molecule has 3 N–H and O–H groups in total. The number of anilines is 1. The van der Waals surface area contributed by atoms with E-state index < -0.39 is 20.0 Å². The number of nitrogens with zero attached hydrogens (tertiary/aromatic N) is 4. The van der Waals surface area contributed by atoms with Gasteiger partial charge in [-0.25, -0.2) is 15.0 Å². The maximum atomic E-state index is 11.6. The predicted molar refractivity (Wildman–Crippen MR) is 87.4 cm³/mol. The van der Waals surface area contributed by atoms with E-state index in [1.165, 1.54) is 6.33 Å². The molecule has 0 aliphatic carbocycles. The molecule has 11 heteroatoms. The molecule has 0 aromatic carbocycles. The topological polar surface area (TPSA) is 135 Å². The molecular formula is C13H22N5O5P. The van der Waals surface area contributed by atoms with E-state index in [-0.39, 0.29) is 18.5 Å². The third kappa shape index (κ3) is 4.96. The van der Waals surface area contributed by atoms with Crippen LogP contribution in [-0.2, 0) is 25.1 Å². The lowest BCUT2D eigenvalue weighted by Crippen LogP contribution is -2.27. The molecular weight excluding hydrogens is 337 g/mol. The minimum absolute atomic E-state index is 0.00282. The van der Waals surface area contributed by atoms with Crippen LogP contribution in [0.15, 0.2) is 12.7 Å². The molecule has 2 aromatic heterocycles. The van der Waals surface area contributed by atoms with Crippen molar-refractivity contribution in [3.63, 3.8) is 0 Å². The summed E-state index contributed by atoms with van der Waals surface area (Å²) in [6.07, 6.45) is 1.99. The molecule has 2 heterocycles. The van der Waals surface area contributed by atoms with Crippen LogP contribution in [0.1, 0.15) is 13.8 Å². The van der Waals surface area contributed by atoms with E-state index in [0.29, 0.717) is 17.7 Å². The lowest BCUT2D eigenvalue weighted by Gasteiger charge is -2.21. The van der Waals surface area contributed by atoms with Gasteiger partial charge in [-0.15, -0.1) is 0 Å². The maximum Gasteiger partial charge on any atom is 0.353 e. The van der Waals surface area contributed by atoms with Crippen LogP contribution in [0.5, 0.6) is 0 Å². The first kappa shape index (κ1) is 18.8. The second kappa shape index (κ2) is 8.00. The Kier molecular flexibility index (Phi) is 6.25. The average Bonchev–Trinajstić information content (AvgIpc) is 2.94. The Morgan fingerprint density at radius 2 is 2.08 bits per heavy atom. The summed E-state index contributed by atoms with van der Waals surface area (Å²) < 4.78 is 28.9. The Bertz CT molecular complexity index is 722. The zero-order valence-corrected chi connectivity index (χ0v) is 14.7. The van der Waals surface area contributed by atoms with Crippen LogP contribution < -0.4 is 5.73 Å². The van der Waals surface area contributed by atoms with Gasteiger partial charge in [0, 0.05) is 7.11 Å². The fraction of sp³-hybridized carbons (Fsp3) is 0.615. The number of rotatable bonds is 9. The average molecular weight is 359 g/mol. The van der Waals surface area contributed by atoms with Crippen LogP contribution in [0.25, 0.3) is 11.2 Å². The first-order chi connectivity index (χ1) is 11.3. The lowest BCUT2D eigenvalue weighted by atomic mass is 10.3. The van der Waals surface area contributed by atoms with Crippen molar-refractivity contribution in [3.8, 4) is 0 Å². The van der Waals surface area contributed by atoms with E-state index in [9.17, 15) is 9.46 Å². The SMILES string of the molecule is COP(=O)(O)COC(COC(C)C)Cn1cnc2c(N)ncnc21. The Morgan fingerprint density at radius 1 is 1.33 bits per heavy atom. The van der Waals surface area contributed by atoms with Crippen molar-refractivity contribution in [1.29, 1.82) is 0 Å². The largest absolute Gasteiger partial charge is 0.382 e. The summed E-state index contributed by atoms with van der Waals surface area (Å²) in [5.41, 5.74) is 6.81. The number of nitrogens with two attached hydrogens (primary N) is 1. The third-order valence-electron chi connectivity index (χ3n) is 3.20. The highest BCUT2D eigenvalue weighted by Crippen LogP contribution is 2.40. The molecule has 0 fully saturated rings. The van der Waals surface area contributed by atoms with Crippen LogP contribution in [0, 0.1) is 0 Å². The zero-order chi connectivity index (χ0) is 17.7. The summed E-state index contributed by atoms with van der Waals surface area (Å²) in [5, 5.41) is 0. The van der Waals surface area contributed by atoms with Crippen molar-refractivity contribution >= 4 is 24.6 Å². The highest BCUT2D eigenvalue weighted by atomic mass is 31.2. The van der Waals surface area contributed by atoms with E-state index in [1.54, 1.807) is 10.9 Å². The molecule has 10 nitrogen and oxygen atoms in total. The molecule has 134 valence electrons. The molecule has 0 saturated heterocycles. The Hall–Kier alpha value is -1.58. The normalized spacial score (nSPS) is 15.7.